The van der Waals surface area contributed by atoms with Crippen molar-refractivity contribution in [2.24, 2.45) is 17.8 Å². The molecule has 0 aliphatic carbocycles. The number of benzene rings is 2. The predicted molar refractivity (Wildman–Crippen MR) is 156 cm³/mol. The number of piperidine rings is 2. The molecule has 4 saturated heterocycles. The zero-order valence-corrected chi connectivity index (χ0v) is 23.5. The highest BCUT2D eigenvalue weighted by Crippen LogP contribution is 2.36. The Labute approximate surface area is 244 Å². The van der Waals surface area contributed by atoms with E-state index in [1.54, 1.807) is 12.1 Å². The highest BCUT2D eigenvalue weighted by atomic mass is 16.2. The summed E-state index contributed by atoms with van der Waals surface area (Å²) < 4.78 is 0. The SMILES string of the molecule is O=Cc1ccc(N2CC3CN(CC4CCN(c5ccc6c(c5)C(=O)N(C5CCC(=O)NC5=O)C6=O)CC4)CC3C2)cc1. The smallest absolute Gasteiger partial charge is 0.262 e. The molecule has 10 heteroatoms. The van der Waals surface area contributed by atoms with Crippen LogP contribution in [0.5, 0.6) is 0 Å². The highest BCUT2D eigenvalue weighted by molar-refractivity contribution is 6.23. The van der Waals surface area contributed by atoms with Crippen LogP contribution in [0, 0.1) is 17.8 Å². The van der Waals surface area contributed by atoms with E-state index in [1.807, 2.05) is 18.2 Å². The summed E-state index contributed by atoms with van der Waals surface area (Å²) in [5, 5.41) is 2.24. The van der Waals surface area contributed by atoms with Gasteiger partial charge in [-0.3, -0.25) is 34.2 Å². The third-order valence-electron chi connectivity index (χ3n) is 9.88. The van der Waals surface area contributed by atoms with Crippen LogP contribution in [0.4, 0.5) is 11.4 Å². The number of hydrogen-bond acceptors (Lipinski definition) is 8. The van der Waals surface area contributed by atoms with Gasteiger partial charge in [-0.15, -0.1) is 0 Å². The van der Waals surface area contributed by atoms with Gasteiger partial charge in [-0.25, -0.2) is 0 Å². The number of carbonyl (C=O) groups excluding carboxylic acids is 5. The van der Waals surface area contributed by atoms with Crippen molar-refractivity contribution in [1.29, 1.82) is 0 Å². The lowest BCUT2D eigenvalue weighted by atomic mass is 9.95. The van der Waals surface area contributed by atoms with Crippen molar-refractivity contribution in [2.45, 2.75) is 31.7 Å². The number of rotatable bonds is 6. The molecule has 4 fully saturated rings. The minimum Gasteiger partial charge on any atom is -0.371 e. The van der Waals surface area contributed by atoms with E-state index in [2.05, 4.69) is 32.1 Å². The van der Waals surface area contributed by atoms with E-state index >= 15 is 0 Å². The van der Waals surface area contributed by atoms with Crippen molar-refractivity contribution in [3.63, 3.8) is 0 Å². The molecule has 0 saturated carbocycles. The van der Waals surface area contributed by atoms with Crippen LogP contribution in [0.2, 0.25) is 0 Å². The largest absolute Gasteiger partial charge is 0.371 e. The van der Waals surface area contributed by atoms with Gasteiger partial charge in [-0.2, -0.15) is 0 Å². The number of anilines is 2. The molecule has 2 aromatic rings. The number of imide groups is 2. The molecule has 0 aromatic heterocycles. The molecular formula is C32H35N5O5. The molecule has 1 N–H and O–H groups in total. The zero-order valence-electron chi connectivity index (χ0n) is 23.5. The average Bonchev–Trinajstić information content (AvgIpc) is 3.64. The Morgan fingerprint density at radius 2 is 1.43 bits per heavy atom. The van der Waals surface area contributed by atoms with Crippen molar-refractivity contribution in [2.75, 3.05) is 55.6 Å². The lowest BCUT2D eigenvalue weighted by Crippen LogP contribution is -2.54. The normalized spacial score (nSPS) is 26.6. The number of amides is 4. The average molecular weight is 570 g/mol. The van der Waals surface area contributed by atoms with Crippen molar-refractivity contribution in [3.05, 3.63) is 59.2 Å². The van der Waals surface area contributed by atoms with Gasteiger partial charge in [-0.1, -0.05) is 0 Å². The number of likely N-dealkylation sites (tertiary alicyclic amines) is 1. The molecule has 218 valence electrons. The molecule has 0 bridgehead atoms. The monoisotopic (exact) mass is 569 g/mol. The van der Waals surface area contributed by atoms with Crippen molar-refractivity contribution < 1.29 is 24.0 Å². The fourth-order valence-corrected chi connectivity index (χ4v) is 7.61. The summed E-state index contributed by atoms with van der Waals surface area (Å²) >= 11 is 0. The molecule has 10 nitrogen and oxygen atoms in total. The maximum atomic E-state index is 13.2. The Morgan fingerprint density at radius 3 is 2.10 bits per heavy atom. The maximum absolute atomic E-state index is 13.2. The molecule has 42 heavy (non-hydrogen) atoms. The first kappa shape index (κ1) is 26.8. The first-order chi connectivity index (χ1) is 20.4. The fourth-order valence-electron chi connectivity index (χ4n) is 7.61. The number of fused-ring (bicyclic) bond motifs is 2. The number of carbonyl (C=O) groups is 5. The predicted octanol–water partition coefficient (Wildman–Crippen LogP) is 2.18. The lowest BCUT2D eigenvalue weighted by Gasteiger charge is -2.35. The van der Waals surface area contributed by atoms with Crippen LogP contribution in [-0.4, -0.2) is 91.6 Å². The van der Waals surface area contributed by atoms with Crippen LogP contribution in [0.25, 0.3) is 0 Å². The summed E-state index contributed by atoms with van der Waals surface area (Å²) in [5.41, 5.74) is 3.50. The summed E-state index contributed by atoms with van der Waals surface area (Å²) in [4.78, 5) is 69.5. The summed E-state index contributed by atoms with van der Waals surface area (Å²) in [6, 6.07) is 12.3. The molecule has 7 rings (SSSR count). The quantitative estimate of drug-likeness (QED) is 0.417. The first-order valence-corrected chi connectivity index (χ1v) is 15.0. The minimum absolute atomic E-state index is 0.110. The molecule has 5 aliphatic rings. The second kappa shape index (κ2) is 10.7. The van der Waals surface area contributed by atoms with Crippen LogP contribution in [0.1, 0.15) is 56.8 Å². The van der Waals surface area contributed by atoms with E-state index in [4.69, 9.17) is 0 Å². The molecule has 3 unspecified atom stereocenters. The standard InChI is InChI=1S/C32H35N5O5/c38-19-21-1-3-24(4-2-21)36-17-22-15-34(16-23(22)18-36)14-20-9-11-35(12-10-20)25-5-6-26-27(13-25)32(42)37(31(26)41)28-7-8-29(39)33-30(28)40/h1-6,13,19-20,22-23,28H,7-12,14-18H2,(H,33,39,40). The van der Waals surface area contributed by atoms with Gasteiger partial charge >= 0.3 is 0 Å². The number of hydrogen-bond donors (Lipinski definition) is 1. The van der Waals surface area contributed by atoms with Crippen molar-refractivity contribution in [1.82, 2.24) is 15.1 Å². The van der Waals surface area contributed by atoms with Gasteiger partial charge in [0.05, 0.1) is 11.1 Å². The van der Waals surface area contributed by atoms with Crippen LogP contribution >= 0.6 is 0 Å². The van der Waals surface area contributed by atoms with Gasteiger partial charge in [0.1, 0.15) is 12.3 Å². The molecule has 4 amide bonds. The van der Waals surface area contributed by atoms with Gasteiger partial charge in [0.25, 0.3) is 11.8 Å². The Hall–Kier alpha value is -4.05. The maximum Gasteiger partial charge on any atom is 0.262 e. The Morgan fingerprint density at radius 1 is 0.762 bits per heavy atom. The van der Waals surface area contributed by atoms with Gasteiger partial charge < -0.3 is 14.7 Å². The highest BCUT2D eigenvalue weighted by Gasteiger charge is 2.45. The molecular weight excluding hydrogens is 534 g/mol. The van der Waals surface area contributed by atoms with E-state index in [0.29, 0.717) is 34.4 Å². The van der Waals surface area contributed by atoms with E-state index in [9.17, 15) is 24.0 Å². The van der Waals surface area contributed by atoms with Gasteiger partial charge in [0.2, 0.25) is 11.8 Å². The number of nitrogens with zero attached hydrogens (tertiary/aromatic N) is 4. The Balaban J connectivity index is 0.919. The molecule has 0 radical (unpaired) electrons. The third kappa shape index (κ3) is 4.77. The van der Waals surface area contributed by atoms with Crippen molar-refractivity contribution in [3.8, 4) is 0 Å². The Bertz CT molecular complexity index is 1440. The Kier molecular flexibility index (Phi) is 6.80. The van der Waals surface area contributed by atoms with E-state index in [-0.39, 0.29) is 18.7 Å². The van der Waals surface area contributed by atoms with Crippen LogP contribution in [0.15, 0.2) is 42.5 Å². The fraction of sp³-hybridized carbons (Fsp3) is 0.469. The van der Waals surface area contributed by atoms with Crippen LogP contribution in [0.3, 0.4) is 0 Å². The van der Waals surface area contributed by atoms with E-state index < -0.39 is 23.8 Å². The minimum atomic E-state index is -0.947. The summed E-state index contributed by atoms with van der Waals surface area (Å²) in [6.07, 6.45) is 3.31. The van der Waals surface area contributed by atoms with Gasteiger partial charge in [-0.05, 0) is 79.5 Å². The summed E-state index contributed by atoms with van der Waals surface area (Å²) in [7, 11) is 0. The topological polar surface area (TPSA) is 110 Å². The number of nitrogens with one attached hydrogen (secondary N) is 1. The molecule has 3 atom stereocenters. The molecule has 5 heterocycles. The number of aldehydes is 1. The summed E-state index contributed by atoms with van der Waals surface area (Å²) in [6.45, 7) is 7.33. The molecule has 2 aromatic carbocycles. The first-order valence-electron chi connectivity index (χ1n) is 15.0. The molecule has 0 spiro atoms. The zero-order chi connectivity index (χ0) is 29.0. The van der Waals surface area contributed by atoms with E-state index in [1.165, 1.54) is 5.69 Å². The van der Waals surface area contributed by atoms with Crippen LogP contribution < -0.4 is 15.1 Å². The van der Waals surface area contributed by atoms with Crippen molar-refractivity contribution >= 4 is 41.3 Å². The van der Waals surface area contributed by atoms with Gasteiger partial charge in [0.15, 0.2) is 0 Å². The summed E-state index contributed by atoms with van der Waals surface area (Å²) in [5.74, 6) is 0.0997. The second-order valence-electron chi connectivity index (χ2n) is 12.5. The van der Waals surface area contributed by atoms with Crippen LogP contribution in [-0.2, 0) is 9.59 Å². The third-order valence-corrected chi connectivity index (χ3v) is 9.88. The molecule has 5 aliphatic heterocycles. The second-order valence-corrected chi connectivity index (χ2v) is 12.5. The van der Waals surface area contributed by atoms with E-state index in [0.717, 1.165) is 75.5 Å². The van der Waals surface area contributed by atoms with Gasteiger partial charge in [0, 0.05) is 69.2 Å². The lowest BCUT2D eigenvalue weighted by molar-refractivity contribution is -0.136.